The zero-order chi connectivity index (χ0) is 13.7. The minimum Gasteiger partial charge on any atom is -0.494 e. The van der Waals surface area contributed by atoms with Crippen LogP contribution in [0.25, 0.3) is 0 Å². The van der Waals surface area contributed by atoms with Gasteiger partial charge in [0, 0.05) is 17.2 Å². The van der Waals surface area contributed by atoms with Crippen molar-refractivity contribution in [1.29, 1.82) is 0 Å². The lowest BCUT2D eigenvalue weighted by Crippen LogP contribution is -2.21. The summed E-state index contributed by atoms with van der Waals surface area (Å²) in [6.07, 6.45) is 2.56. The highest BCUT2D eigenvalue weighted by atomic mass is 79.9. The summed E-state index contributed by atoms with van der Waals surface area (Å²) in [4.78, 5) is 11.8. The lowest BCUT2D eigenvalue weighted by Gasteiger charge is -2.08. The fraction of sp³-hybridized carbons (Fsp3) is 0.214. The van der Waals surface area contributed by atoms with Crippen LogP contribution >= 0.6 is 31.9 Å². The Labute approximate surface area is 128 Å². The zero-order valence-corrected chi connectivity index (χ0v) is 13.4. The van der Waals surface area contributed by atoms with Crippen molar-refractivity contribution in [3.63, 3.8) is 0 Å². The number of para-hydroxylation sites is 1. The van der Waals surface area contributed by atoms with Gasteiger partial charge in [-0.25, -0.2) is 0 Å². The van der Waals surface area contributed by atoms with Crippen molar-refractivity contribution in [3.05, 3.63) is 61.9 Å². The van der Waals surface area contributed by atoms with E-state index in [1.165, 1.54) is 0 Å². The Morgan fingerprint density at radius 1 is 1.16 bits per heavy atom. The average Bonchev–Trinajstić information content (AvgIpc) is 2.41. The molecule has 0 aliphatic heterocycles. The van der Waals surface area contributed by atoms with E-state index < -0.39 is 0 Å². The highest BCUT2D eigenvalue weighted by Gasteiger charge is 2.03. The second-order valence-corrected chi connectivity index (χ2v) is 5.79. The Bertz CT molecular complexity index is 596. The van der Waals surface area contributed by atoms with Crippen LogP contribution in [0, 0.1) is 0 Å². The van der Waals surface area contributed by atoms with Crippen LogP contribution in [0.4, 0.5) is 0 Å². The Balaban J connectivity index is 1.88. The summed E-state index contributed by atoms with van der Waals surface area (Å²) in [5, 5.41) is 0. The first-order valence-electron chi connectivity index (χ1n) is 5.90. The molecule has 3 nitrogen and oxygen atoms in total. The number of hydrogen-bond acceptors (Lipinski definition) is 2. The van der Waals surface area contributed by atoms with Crippen LogP contribution in [0.1, 0.15) is 6.42 Å². The molecule has 0 saturated carbocycles. The predicted molar refractivity (Wildman–Crippen MR) is 82.7 cm³/mol. The molecule has 0 saturated heterocycles. The zero-order valence-electron chi connectivity index (χ0n) is 10.2. The summed E-state index contributed by atoms with van der Waals surface area (Å²) < 4.78 is 8.70. The molecule has 1 aromatic carbocycles. The predicted octanol–water partition coefficient (Wildman–Crippen LogP) is 3.84. The molecule has 19 heavy (non-hydrogen) atoms. The highest BCUT2D eigenvalue weighted by Crippen LogP contribution is 2.13. The first-order valence-corrected chi connectivity index (χ1v) is 7.49. The van der Waals surface area contributed by atoms with E-state index in [0.29, 0.717) is 17.6 Å². The molecule has 0 radical (unpaired) electrons. The number of aromatic nitrogens is 1. The Morgan fingerprint density at radius 3 is 2.63 bits per heavy atom. The third-order valence-electron chi connectivity index (χ3n) is 2.56. The maximum absolute atomic E-state index is 11.8. The lowest BCUT2D eigenvalue weighted by molar-refractivity contribution is 0.301. The summed E-state index contributed by atoms with van der Waals surface area (Å²) in [7, 11) is 0. The molecule has 0 aliphatic carbocycles. The van der Waals surface area contributed by atoms with Crippen LogP contribution in [-0.4, -0.2) is 11.2 Å². The minimum atomic E-state index is -0.0251. The number of ether oxygens (including phenoxy) is 1. The van der Waals surface area contributed by atoms with E-state index in [2.05, 4.69) is 31.9 Å². The molecule has 0 aliphatic rings. The van der Waals surface area contributed by atoms with Gasteiger partial charge in [-0.2, -0.15) is 0 Å². The Morgan fingerprint density at radius 2 is 1.89 bits per heavy atom. The molecule has 0 amide bonds. The molecule has 0 fully saturated rings. The van der Waals surface area contributed by atoms with Crippen LogP contribution in [0.5, 0.6) is 5.75 Å². The highest BCUT2D eigenvalue weighted by molar-refractivity contribution is 9.11. The SMILES string of the molecule is O=c1c(Br)cc(Br)cn1CCCOc1ccccc1. The molecule has 0 unspecified atom stereocenters. The number of nitrogens with zero attached hydrogens (tertiary/aromatic N) is 1. The molecule has 5 heteroatoms. The molecule has 2 rings (SSSR count). The van der Waals surface area contributed by atoms with Gasteiger partial charge in [0.15, 0.2) is 0 Å². The second kappa shape index (κ2) is 6.91. The van der Waals surface area contributed by atoms with Crippen molar-refractivity contribution in [2.24, 2.45) is 0 Å². The van der Waals surface area contributed by atoms with Gasteiger partial charge in [-0.05, 0) is 56.5 Å². The standard InChI is InChI=1S/C14H13Br2NO2/c15-11-9-13(16)14(18)17(10-11)7-4-8-19-12-5-2-1-3-6-12/h1-3,5-6,9-10H,4,7-8H2. The molecule has 1 aromatic heterocycles. The first-order chi connectivity index (χ1) is 9.16. The van der Waals surface area contributed by atoms with Gasteiger partial charge >= 0.3 is 0 Å². The third kappa shape index (κ3) is 4.21. The number of benzene rings is 1. The van der Waals surface area contributed by atoms with E-state index in [-0.39, 0.29) is 5.56 Å². The molecule has 100 valence electrons. The van der Waals surface area contributed by atoms with Crippen molar-refractivity contribution < 1.29 is 4.74 Å². The fourth-order valence-electron chi connectivity index (χ4n) is 1.67. The van der Waals surface area contributed by atoms with Gasteiger partial charge in [-0.1, -0.05) is 18.2 Å². The number of rotatable bonds is 5. The van der Waals surface area contributed by atoms with E-state index >= 15 is 0 Å². The normalized spacial score (nSPS) is 10.4. The Hall–Kier alpha value is -1.07. The molecule has 0 N–H and O–H groups in total. The van der Waals surface area contributed by atoms with E-state index in [4.69, 9.17) is 4.74 Å². The summed E-state index contributed by atoms with van der Waals surface area (Å²) in [5.41, 5.74) is -0.0251. The summed E-state index contributed by atoms with van der Waals surface area (Å²) in [6, 6.07) is 11.4. The molecule has 1 heterocycles. The number of aryl methyl sites for hydroxylation is 1. The quantitative estimate of drug-likeness (QED) is 0.731. The van der Waals surface area contributed by atoms with Crippen molar-refractivity contribution in [1.82, 2.24) is 4.57 Å². The van der Waals surface area contributed by atoms with Crippen molar-refractivity contribution in [2.45, 2.75) is 13.0 Å². The third-order valence-corrected chi connectivity index (χ3v) is 3.57. The van der Waals surface area contributed by atoms with Gasteiger partial charge < -0.3 is 9.30 Å². The number of halogens is 2. The van der Waals surface area contributed by atoms with E-state index in [9.17, 15) is 4.79 Å². The lowest BCUT2D eigenvalue weighted by atomic mass is 10.3. The summed E-state index contributed by atoms with van der Waals surface area (Å²) >= 11 is 6.62. The molecular formula is C14H13Br2NO2. The smallest absolute Gasteiger partial charge is 0.264 e. The van der Waals surface area contributed by atoms with Gasteiger partial charge in [0.1, 0.15) is 5.75 Å². The second-order valence-electron chi connectivity index (χ2n) is 4.02. The maximum atomic E-state index is 11.8. The van der Waals surface area contributed by atoms with Gasteiger partial charge in [0.05, 0.1) is 11.1 Å². The molecular weight excluding hydrogens is 374 g/mol. The van der Waals surface area contributed by atoms with E-state index in [1.807, 2.05) is 30.3 Å². The van der Waals surface area contributed by atoms with Crippen LogP contribution in [-0.2, 0) is 6.54 Å². The Kier molecular flexibility index (Phi) is 5.22. The van der Waals surface area contributed by atoms with Gasteiger partial charge in [0.2, 0.25) is 0 Å². The average molecular weight is 387 g/mol. The fourth-order valence-corrected chi connectivity index (χ4v) is 2.93. The van der Waals surface area contributed by atoms with Crippen molar-refractivity contribution in [3.8, 4) is 5.75 Å². The van der Waals surface area contributed by atoms with E-state index in [0.717, 1.165) is 16.6 Å². The topological polar surface area (TPSA) is 31.2 Å². The maximum Gasteiger partial charge on any atom is 0.264 e. The summed E-state index contributed by atoms with van der Waals surface area (Å²) in [5.74, 6) is 0.852. The van der Waals surface area contributed by atoms with Crippen LogP contribution in [0.3, 0.4) is 0 Å². The monoisotopic (exact) mass is 385 g/mol. The molecule has 2 aromatic rings. The van der Waals surface area contributed by atoms with Crippen LogP contribution in [0.15, 0.2) is 56.3 Å². The molecule has 0 bridgehead atoms. The van der Waals surface area contributed by atoms with E-state index in [1.54, 1.807) is 16.8 Å². The van der Waals surface area contributed by atoms with Gasteiger partial charge in [-0.3, -0.25) is 4.79 Å². The number of pyridine rings is 1. The first kappa shape index (κ1) is 14.3. The van der Waals surface area contributed by atoms with Crippen molar-refractivity contribution >= 4 is 31.9 Å². The molecule has 0 atom stereocenters. The molecule has 0 spiro atoms. The van der Waals surface area contributed by atoms with Gasteiger partial charge in [-0.15, -0.1) is 0 Å². The van der Waals surface area contributed by atoms with Gasteiger partial charge in [0.25, 0.3) is 5.56 Å². The number of hydrogen-bond donors (Lipinski definition) is 0. The largest absolute Gasteiger partial charge is 0.494 e. The van der Waals surface area contributed by atoms with Crippen LogP contribution in [0.2, 0.25) is 0 Å². The minimum absolute atomic E-state index is 0.0251. The van der Waals surface area contributed by atoms with Crippen molar-refractivity contribution in [2.75, 3.05) is 6.61 Å². The van der Waals surface area contributed by atoms with Crippen LogP contribution < -0.4 is 10.3 Å². The summed E-state index contributed by atoms with van der Waals surface area (Å²) in [6.45, 7) is 1.21.